The Hall–Kier alpha value is -2.02. The van der Waals surface area contributed by atoms with Crippen molar-refractivity contribution in [1.29, 1.82) is 0 Å². The Morgan fingerprint density at radius 2 is 2.12 bits per heavy atom. The van der Waals surface area contributed by atoms with Gasteiger partial charge in [0.25, 0.3) is 5.69 Å². The Morgan fingerprint density at radius 3 is 2.59 bits per heavy atom. The molecule has 0 bridgehead atoms. The molecule has 0 atom stereocenters. The van der Waals surface area contributed by atoms with E-state index < -0.39 is 22.2 Å². The first-order valence-corrected chi connectivity index (χ1v) is 4.76. The summed E-state index contributed by atoms with van der Waals surface area (Å²) in [6.07, 6.45) is 0. The topological polar surface area (TPSA) is 98.3 Å². The first-order valence-electron chi connectivity index (χ1n) is 4.76. The molecule has 0 saturated carbocycles. The number of nitro groups is 1. The van der Waals surface area contributed by atoms with Gasteiger partial charge >= 0.3 is 0 Å². The van der Waals surface area contributed by atoms with Crippen LogP contribution >= 0.6 is 0 Å². The Bertz CT molecular complexity index is 468. The molecule has 0 unspecified atom stereocenters. The number of nitro benzene ring substituents is 1. The number of amides is 1. The van der Waals surface area contributed by atoms with Crippen LogP contribution < -0.4 is 11.1 Å². The number of nitrogens with zero attached hydrogens (tertiary/aromatic N) is 1. The predicted octanol–water partition coefficient (Wildman–Crippen LogP) is 1.41. The van der Waals surface area contributed by atoms with E-state index in [2.05, 4.69) is 5.32 Å². The molecule has 1 rings (SSSR count). The third-order valence-electron chi connectivity index (χ3n) is 1.99. The number of hydrogen-bond acceptors (Lipinski definition) is 4. The number of carbonyl (C=O) groups is 1. The van der Waals surface area contributed by atoms with E-state index in [-0.39, 0.29) is 11.4 Å². The molecule has 0 fully saturated rings. The summed E-state index contributed by atoms with van der Waals surface area (Å²) in [5, 5.41) is 12.9. The highest BCUT2D eigenvalue weighted by molar-refractivity contribution is 5.98. The van der Waals surface area contributed by atoms with Gasteiger partial charge in [0.15, 0.2) is 0 Å². The summed E-state index contributed by atoms with van der Waals surface area (Å²) in [5.74, 6) is -1.31. The predicted molar refractivity (Wildman–Crippen MR) is 60.0 cm³/mol. The van der Waals surface area contributed by atoms with E-state index in [0.717, 1.165) is 18.2 Å². The van der Waals surface area contributed by atoms with Crippen molar-refractivity contribution in [1.82, 2.24) is 0 Å². The molecule has 0 radical (unpaired) electrons. The standard InChI is InChI=1S/C10H12FN3O3/c1-10(2,12)9(15)13-7-5-6(11)3-4-8(7)14(16)17/h3-5H,12H2,1-2H3,(H,13,15). The second-order valence-electron chi connectivity index (χ2n) is 4.09. The van der Waals surface area contributed by atoms with E-state index in [1.807, 2.05) is 0 Å². The summed E-state index contributed by atoms with van der Waals surface area (Å²) in [7, 11) is 0. The van der Waals surface area contributed by atoms with Gasteiger partial charge in [0.05, 0.1) is 10.5 Å². The minimum absolute atomic E-state index is 0.210. The largest absolute Gasteiger partial charge is 0.319 e. The SMILES string of the molecule is CC(C)(N)C(=O)Nc1cc(F)ccc1[N+](=O)[O-]. The van der Waals surface area contributed by atoms with Gasteiger partial charge in [-0.25, -0.2) is 4.39 Å². The molecule has 0 aliphatic rings. The van der Waals surface area contributed by atoms with E-state index in [9.17, 15) is 19.3 Å². The van der Waals surface area contributed by atoms with Crippen LogP contribution in [-0.2, 0) is 4.79 Å². The van der Waals surface area contributed by atoms with Crippen LogP contribution in [0.3, 0.4) is 0 Å². The zero-order valence-electron chi connectivity index (χ0n) is 9.36. The van der Waals surface area contributed by atoms with Crippen LogP contribution in [0.1, 0.15) is 13.8 Å². The monoisotopic (exact) mass is 241 g/mol. The number of anilines is 1. The Labute approximate surface area is 96.8 Å². The van der Waals surface area contributed by atoms with E-state index in [1.54, 1.807) is 0 Å². The number of rotatable bonds is 3. The van der Waals surface area contributed by atoms with Crippen molar-refractivity contribution in [3.05, 3.63) is 34.1 Å². The molecule has 92 valence electrons. The van der Waals surface area contributed by atoms with Crippen molar-refractivity contribution in [3.8, 4) is 0 Å². The smallest absolute Gasteiger partial charge is 0.292 e. The van der Waals surface area contributed by atoms with Gasteiger partial charge in [-0.2, -0.15) is 0 Å². The van der Waals surface area contributed by atoms with Gasteiger partial charge < -0.3 is 11.1 Å². The molecule has 1 aromatic rings. The third-order valence-corrected chi connectivity index (χ3v) is 1.99. The van der Waals surface area contributed by atoms with E-state index in [0.29, 0.717) is 0 Å². The van der Waals surface area contributed by atoms with Crippen LogP contribution in [0.4, 0.5) is 15.8 Å². The number of hydrogen-bond donors (Lipinski definition) is 2. The summed E-state index contributed by atoms with van der Waals surface area (Å²) >= 11 is 0. The molecule has 0 saturated heterocycles. The average Bonchev–Trinajstić information content (AvgIpc) is 2.15. The summed E-state index contributed by atoms with van der Waals surface area (Å²) in [6.45, 7) is 2.88. The normalized spacial score (nSPS) is 11.1. The highest BCUT2D eigenvalue weighted by atomic mass is 19.1. The van der Waals surface area contributed by atoms with Gasteiger partial charge in [-0.3, -0.25) is 14.9 Å². The molecular weight excluding hydrogens is 229 g/mol. The fourth-order valence-electron chi connectivity index (χ4n) is 1.05. The molecule has 6 nitrogen and oxygen atoms in total. The van der Waals surface area contributed by atoms with Crippen LogP contribution in [0.25, 0.3) is 0 Å². The molecule has 0 aliphatic heterocycles. The van der Waals surface area contributed by atoms with Crippen molar-refractivity contribution < 1.29 is 14.1 Å². The van der Waals surface area contributed by atoms with Crippen molar-refractivity contribution in [2.75, 3.05) is 5.32 Å². The molecule has 0 spiro atoms. The minimum Gasteiger partial charge on any atom is -0.319 e. The van der Waals surface area contributed by atoms with E-state index in [1.165, 1.54) is 13.8 Å². The summed E-state index contributed by atoms with van der Waals surface area (Å²) < 4.78 is 13.0. The first-order chi connectivity index (χ1) is 7.71. The lowest BCUT2D eigenvalue weighted by Gasteiger charge is -2.17. The molecule has 1 amide bonds. The lowest BCUT2D eigenvalue weighted by atomic mass is 10.1. The van der Waals surface area contributed by atoms with Crippen LogP contribution in [0.2, 0.25) is 0 Å². The van der Waals surface area contributed by atoms with Crippen LogP contribution in [0.5, 0.6) is 0 Å². The minimum atomic E-state index is -1.21. The molecule has 17 heavy (non-hydrogen) atoms. The van der Waals surface area contributed by atoms with Gasteiger partial charge in [0.2, 0.25) is 5.91 Å². The number of halogens is 1. The lowest BCUT2D eigenvalue weighted by molar-refractivity contribution is -0.384. The molecule has 0 aromatic heterocycles. The van der Waals surface area contributed by atoms with Crippen LogP contribution in [0, 0.1) is 15.9 Å². The third kappa shape index (κ3) is 3.22. The molecular formula is C10H12FN3O3. The van der Waals surface area contributed by atoms with E-state index in [4.69, 9.17) is 5.73 Å². The maximum Gasteiger partial charge on any atom is 0.292 e. The zero-order valence-corrected chi connectivity index (χ0v) is 9.36. The van der Waals surface area contributed by atoms with Gasteiger partial charge in [-0.1, -0.05) is 0 Å². The Morgan fingerprint density at radius 1 is 1.53 bits per heavy atom. The van der Waals surface area contributed by atoms with Crippen molar-refractivity contribution in [2.24, 2.45) is 5.73 Å². The Balaban J connectivity index is 3.09. The zero-order chi connectivity index (χ0) is 13.2. The van der Waals surface area contributed by atoms with Gasteiger partial charge in [-0.05, 0) is 19.9 Å². The molecule has 0 aliphatic carbocycles. The summed E-state index contributed by atoms with van der Waals surface area (Å²) in [6, 6.07) is 2.80. The number of benzene rings is 1. The van der Waals surface area contributed by atoms with Gasteiger partial charge in [0.1, 0.15) is 11.5 Å². The van der Waals surface area contributed by atoms with Gasteiger partial charge in [-0.15, -0.1) is 0 Å². The summed E-state index contributed by atoms with van der Waals surface area (Å²) in [4.78, 5) is 21.5. The Kier molecular flexibility index (Phi) is 3.42. The average molecular weight is 241 g/mol. The fraction of sp³-hybridized carbons (Fsp3) is 0.300. The van der Waals surface area contributed by atoms with Crippen LogP contribution in [0.15, 0.2) is 18.2 Å². The molecule has 3 N–H and O–H groups in total. The summed E-state index contributed by atoms with van der Waals surface area (Å²) in [5.41, 5.74) is 3.71. The number of nitrogens with one attached hydrogen (secondary N) is 1. The fourth-order valence-corrected chi connectivity index (χ4v) is 1.05. The second-order valence-corrected chi connectivity index (χ2v) is 4.09. The van der Waals surface area contributed by atoms with Crippen molar-refractivity contribution >= 4 is 17.3 Å². The highest BCUT2D eigenvalue weighted by Gasteiger charge is 2.25. The molecule has 0 heterocycles. The van der Waals surface area contributed by atoms with E-state index >= 15 is 0 Å². The first kappa shape index (κ1) is 13.0. The van der Waals surface area contributed by atoms with Crippen molar-refractivity contribution in [3.63, 3.8) is 0 Å². The second kappa shape index (κ2) is 4.46. The maximum atomic E-state index is 13.0. The van der Waals surface area contributed by atoms with Crippen LogP contribution in [-0.4, -0.2) is 16.4 Å². The molecule has 7 heteroatoms. The van der Waals surface area contributed by atoms with Crippen molar-refractivity contribution in [2.45, 2.75) is 19.4 Å². The number of carbonyl (C=O) groups excluding carboxylic acids is 1. The number of nitrogens with two attached hydrogens (primary N) is 1. The quantitative estimate of drug-likeness (QED) is 0.617. The van der Waals surface area contributed by atoms with Gasteiger partial charge in [0, 0.05) is 12.1 Å². The maximum absolute atomic E-state index is 13.0. The highest BCUT2D eigenvalue weighted by Crippen LogP contribution is 2.25. The molecule has 1 aromatic carbocycles. The lowest BCUT2D eigenvalue weighted by Crippen LogP contribution is -2.45.